The SMILES string of the molecule is N#CCc1cc(CBr)nc(C(F)F)c1N. The molecule has 0 saturated heterocycles. The van der Waals surface area contributed by atoms with E-state index in [9.17, 15) is 8.78 Å². The van der Waals surface area contributed by atoms with Crippen molar-refractivity contribution in [2.45, 2.75) is 18.2 Å². The first-order valence-corrected chi connectivity index (χ1v) is 5.21. The molecule has 1 aromatic rings. The second-order valence-electron chi connectivity index (χ2n) is 2.84. The van der Waals surface area contributed by atoms with Crippen LogP contribution in [-0.2, 0) is 11.8 Å². The molecule has 0 aliphatic heterocycles. The van der Waals surface area contributed by atoms with Crippen LogP contribution in [0.15, 0.2) is 6.07 Å². The molecule has 1 rings (SSSR count). The number of pyridine rings is 1. The fourth-order valence-corrected chi connectivity index (χ4v) is 1.44. The number of hydrogen-bond donors (Lipinski definition) is 1. The number of anilines is 1. The van der Waals surface area contributed by atoms with E-state index in [1.807, 2.05) is 6.07 Å². The predicted molar refractivity (Wildman–Crippen MR) is 55.6 cm³/mol. The smallest absolute Gasteiger partial charge is 0.282 e. The summed E-state index contributed by atoms with van der Waals surface area (Å²) in [7, 11) is 0. The number of nitriles is 1. The topological polar surface area (TPSA) is 62.7 Å². The zero-order chi connectivity index (χ0) is 11.4. The van der Waals surface area contributed by atoms with Crippen LogP contribution < -0.4 is 5.73 Å². The van der Waals surface area contributed by atoms with Crippen molar-refractivity contribution in [1.82, 2.24) is 4.98 Å². The summed E-state index contributed by atoms with van der Waals surface area (Å²) in [5.41, 5.74) is 5.80. The summed E-state index contributed by atoms with van der Waals surface area (Å²) in [6.07, 6.45) is -2.71. The van der Waals surface area contributed by atoms with Gasteiger partial charge in [-0.15, -0.1) is 0 Å². The predicted octanol–water partition coefficient (Wildman–Crippen LogP) is 2.56. The van der Waals surface area contributed by atoms with E-state index < -0.39 is 12.1 Å². The van der Waals surface area contributed by atoms with E-state index in [1.54, 1.807) is 6.07 Å². The summed E-state index contributed by atoms with van der Waals surface area (Å²) in [4.78, 5) is 3.70. The van der Waals surface area contributed by atoms with Gasteiger partial charge in [-0.3, -0.25) is 0 Å². The van der Waals surface area contributed by atoms with Crippen LogP contribution in [0.5, 0.6) is 0 Å². The standard InChI is InChI=1S/C9H8BrF2N3/c10-4-6-3-5(1-2-13)7(14)8(15-6)9(11)12/h3,9H,1,4,14H2. The molecule has 0 fully saturated rings. The van der Waals surface area contributed by atoms with Gasteiger partial charge >= 0.3 is 0 Å². The van der Waals surface area contributed by atoms with Crippen molar-refractivity contribution in [3.63, 3.8) is 0 Å². The lowest BCUT2D eigenvalue weighted by atomic mass is 10.1. The second-order valence-corrected chi connectivity index (χ2v) is 3.40. The molecule has 2 N–H and O–H groups in total. The maximum Gasteiger partial charge on any atom is 0.282 e. The van der Waals surface area contributed by atoms with Crippen molar-refractivity contribution in [3.8, 4) is 6.07 Å². The van der Waals surface area contributed by atoms with Gasteiger partial charge in [-0.25, -0.2) is 13.8 Å². The first kappa shape index (κ1) is 11.9. The largest absolute Gasteiger partial charge is 0.397 e. The maximum atomic E-state index is 12.5. The monoisotopic (exact) mass is 275 g/mol. The van der Waals surface area contributed by atoms with Crippen molar-refractivity contribution in [2.24, 2.45) is 0 Å². The highest BCUT2D eigenvalue weighted by Gasteiger charge is 2.17. The van der Waals surface area contributed by atoms with Crippen molar-refractivity contribution < 1.29 is 8.78 Å². The Bertz CT molecular complexity index is 401. The first-order valence-electron chi connectivity index (χ1n) is 4.09. The summed E-state index contributed by atoms with van der Waals surface area (Å²) in [5, 5.41) is 8.86. The van der Waals surface area contributed by atoms with Gasteiger partial charge in [0.25, 0.3) is 6.43 Å². The van der Waals surface area contributed by atoms with Crippen LogP contribution in [0.3, 0.4) is 0 Å². The van der Waals surface area contributed by atoms with Crippen LogP contribution in [0.2, 0.25) is 0 Å². The van der Waals surface area contributed by atoms with Gasteiger partial charge in [-0.1, -0.05) is 15.9 Å². The van der Waals surface area contributed by atoms with E-state index in [0.717, 1.165) is 0 Å². The van der Waals surface area contributed by atoms with E-state index in [-0.39, 0.29) is 12.1 Å². The summed E-state index contributed by atoms with van der Waals surface area (Å²) in [5.74, 6) is 0. The van der Waals surface area contributed by atoms with Crippen molar-refractivity contribution in [1.29, 1.82) is 5.26 Å². The number of hydrogen-bond acceptors (Lipinski definition) is 3. The van der Waals surface area contributed by atoms with Gasteiger partial charge in [0.05, 0.1) is 23.9 Å². The first-order chi connectivity index (χ1) is 7.10. The Labute approximate surface area is 94.0 Å². The third kappa shape index (κ3) is 2.63. The summed E-state index contributed by atoms with van der Waals surface area (Å²) >= 11 is 3.12. The summed E-state index contributed by atoms with van der Waals surface area (Å²) in [6.45, 7) is 0. The number of nitrogens with two attached hydrogens (primary N) is 1. The summed E-state index contributed by atoms with van der Waals surface area (Å²) in [6, 6.07) is 3.43. The second kappa shape index (κ2) is 5.03. The average Bonchev–Trinajstić information content (AvgIpc) is 2.21. The number of halogens is 3. The molecule has 0 spiro atoms. The molecule has 6 heteroatoms. The highest BCUT2D eigenvalue weighted by molar-refractivity contribution is 9.08. The van der Waals surface area contributed by atoms with E-state index in [4.69, 9.17) is 11.0 Å². The zero-order valence-electron chi connectivity index (χ0n) is 7.67. The quantitative estimate of drug-likeness (QED) is 0.863. The highest BCUT2D eigenvalue weighted by atomic mass is 79.9. The fraction of sp³-hybridized carbons (Fsp3) is 0.333. The third-order valence-corrected chi connectivity index (χ3v) is 2.41. The van der Waals surface area contributed by atoms with Gasteiger partial charge in [0.2, 0.25) is 0 Å². The van der Waals surface area contributed by atoms with E-state index in [2.05, 4.69) is 20.9 Å². The van der Waals surface area contributed by atoms with Crippen LogP contribution >= 0.6 is 15.9 Å². The minimum atomic E-state index is -2.72. The molecule has 0 saturated carbocycles. The Morgan fingerprint density at radius 1 is 1.60 bits per heavy atom. The molecule has 80 valence electrons. The van der Waals surface area contributed by atoms with Gasteiger partial charge in [0.1, 0.15) is 5.69 Å². The van der Waals surface area contributed by atoms with Gasteiger partial charge in [-0.2, -0.15) is 5.26 Å². The van der Waals surface area contributed by atoms with E-state index in [1.165, 1.54) is 0 Å². The molecule has 15 heavy (non-hydrogen) atoms. The summed E-state index contributed by atoms with van der Waals surface area (Å²) < 4.78 is 25.0. The Morgan fingerprint density at radius 2 is 2.27 bits per heavy atom. The zero-order valence-corrected chi connectivity index (χ0v) is 9.26. The van der Waals surface area contributed by atoms with Gasteiger partial charge < -0.3 is 5.73 Å². The lowest BCUT2D eigenvalue weighted by Gasteiger charge is -2.09. The number of nitrogen functional groups attached to an aromatic ring is 1. The maximum absolute atomic E-state index is 12.5. The van der Waals surface area contributed by atoms with Gasteiger partial charge in [-0.05, 0) is 11.6 Å². The van der Waals surface area contributed by atoms with Crippen LogP contribution in [0.25, 0.3) is 0 Å². The molecular weight excluding hydrogens is 268 g/mol. The molecule has 0 atom stereocenters. The minimum Gasteiger partial charge on any atom is -0.397 e. The number of rotatable bonds is 3. The molecule has 0 radical (unpaired) electrons. The molecule has 0 unspecified atom stereocenters. The van der Waals surface area contributed by atoms with E-state index >= 15 is 0 Å². The van der Waals surface area contributed by atoms with Crippen LogP contribution in [-0.4, -0.2) is 4.98 Å². The molecule has 0 aromatic carbocycles. The Morgan fingerprint density at radius 3 is 2.73 bits per heavy atom. The molecule has 1 aromatic heterocycles. The Kier molecular flexibility index (Phi) is 3.97. The Balaban J connectivity index is 3.28. The molecule has 0 aliphatic rings. The lowest BCUT2D eigenvalue weighted by molar-refractivity contribution is 0.146. The lowest BCUT2D eigenvalue weighted by Crippen LogP contribution is -2.05. The van der Waals surface area contributed by atoms with Crippen molar-refractivity contribution in [2.75, 3.05) is 5.73 Å². The number of alkyl halides is 3. The normalized spacial score (nSPS) is 10.3. The molecule has 3 nitrogen and oxygen atoms in total. The van der Waals surface area contributed by atoms with Crippen molar-refractivity contribution >= 4 is 21.6 Å². The molecule has 1 heterocycles. The number of aromatic nitrogens is 1. The van der Waals surface area contributed by atoms with Crippen LogP contribution in [0.4, 0.5) is 14.5 Å². The molecule has 0 bridgehead atoms. The average molecular weight is 276 g/mol. The molecule has 0 aliphatic carbocycles. The van der Waals surface area contributed by atoms with Gasteiger partial charge in [0.15, 0.2) is 0 Å². The Hall–Kier alpha value is -1.22. The molecule has 0 amide bonds. The van der Waals surface area contributed by atoms with Crippen LogP contribution in [0, 0.1) is 11.3 Å². The minimum absolute atomic E-state index is 0.00801. The van der Waals surface area contributed by atoms with Crippen molar-refractivity contribution in [3.05, 3.63) is 23.0 Å². The molecular formula is C9H8BrF2N3. The fourth-order valence-electron chi connectivity index (χ4n) is 1.16. The highest BCUT2D eigenvalue weighted by Crippen LogP contribution is 2.27. The van der Waals surface area contributed by atoms with Gasteiger partial charge in [0, 0.05) is 5.33 Å². The number of nitrogens with zero attached hydrogens (tertiary/aromatic N) is 2. The van der Waals surface area contributed by atoms with Crippen LogP contribution in [0.1, 0.15) is 23.4 Å². The van der Waals surface area contributed by atoms with E-state index in [0.29, 0.717) is 16.6 Å². The third-order valence-electron chi connectivity index (χ3n) is 1.84.